The maximum atomic E-state index is 6.36. The molecule has 0 N–H and O–H groups in total. The molecule has 10 aromatic carbocycles. The summed E-state index contributed by atoms with van der Waals surface area (Å²) in [5.74, 6) is 0. The van der Waals surface area contributed by atoms with Gasteiger partial charge in [-0.2, -0.15) is 0 Å². The van der Waals surface area contributed by atoms with Crippen LogP contribution in [0.1, 0.15) is 0 Å². The van der Waals surface area contributed by atoms with Gasteiger partial charge in [0.2, 0.25) is 0 Å². The molecule has 0 aliphatic rings. The molecule has 0 saturated carbocycles. The van der Waals surface area contributed by atoms with Crippen molar-refractivity contribution in [1.29, 1.82) is 0 Å². The number of hydrogen-bond donors (Lipinski definition) is 0. The van der Waals surface area contributed by atoms with Crippen molar-refractivity contribution in [1.82, 2.24) is 0 Å². The molecule has 11 rings (SSSR count). The molecule has 11 aromatic rings. The van der Waals surface area contributed by atoms with Crippen LogP contribution in [0, 0.1) is 0 Å². The van der Waals surface area contributed by atoms with Gasteiger partial charge in [-0.25, -0.2) is 0 Å². The minimum atomic E-state index is 0.873. The smallest absolute Gasteiger partial charge is 0.137 e. The summed E-state index contributed by atoms with van der Waals surface area (Å²) in [6, 6.07) is 76.5. The monoisotopic (exact) mass is 713 g/mol. The fraction of sp³-hybridized carbons (Fsp3) is 0. The molecular formula is C54H35NO. The maximum absolute atomic E-state index is 6.36. The van der Waals surface area contributed by atoms with Crippen LogP contribution in [0.2, 0.25) is 0 Å². The predicted molar refractivity (Wildman–Crippen MR) is 237 cm³/mol. The molecule has 56 heavy (non-hydrogen) atoms. The SMILES string of the molecule is c1ccc2c(-c3ccc(N(c4ccc(-c5ccc(-c6ccc7ccc8ccccc8c7c6)cc5)cc4)c4cccc5oc6ccccc6c45)cc3)cccc2c1. The number of hydrogen-bond acceptors (Lipinski definition) is 2. The molecular weight excluding hydrogens is 679 g/mol. The van der Waals surface area contributed by atoms with Crippen molar-refractivity contribution in [2.75, 3.05) is 4.90 Å². The first kappa shape index (κ1) is 32.0. The molecule has 0 atom stereocenters. The molecule has 0 fully saturated rings. The molecule has 0 unspecified atom stereocenters. The van der Waals surface area contributed by atoms with Crippen LogP contribution in [0.25, 0.3) is 87.6 Å². The summed E-state index contributed by atoms with van der Waals surface area (Å²) in [5, 5.41) is 9.80. The average molecular weight is 714 g/mol. The largest absolute Gasteiger partial charge is 0.456 e. The summed E-state index contributed by atoms with van der Waals surface area (Å²) in [4.78, 5) is 2.35. The number of anilines is 3. The number of rotatable bonds is 6. The van der Waals surface area contributed by atoms with Crippen molar-refractivity contribution in [2.45, 2.75) is 0 Å². The van der Waals surface area contributed by atoms with Gasteiger partial charge < -0.3 is 9.32 Å². The fourth-order valence-corrected chi connectivity index (χ4v) is 8.48. The van der Waals surface area contributed by atoms with E-state index in [0.717, 1.165) is 39.0 Å². The Bertz CT molecular complexity index is 3220. The zero-order valence-electron chi connectivity index (χ0n) is 30.6. The second-order valence-electron chi connectivity index (χ2n) is 14.5. The third-order valence-corrected chi connectivity index (χ3v) is 11.3. The molecule has 0 aliphatic carbocycles. The van der Waals surface area contributed by atoms with Gasteiger partial charge in [-0.05, 0) is 114 Å². The zero-order valence-corrected chi connectivity index (χ0v) is 30.6. The highest BCUT2D eigenvalue weighted by molar-refractivity contribution is 6.13. The number of para-hydroxylation sites is 1. The summed E-state index contributed by atoms with van der Waals surface area (Å²) in [6.07, 6.45) is 0. The Kier molecular flexibility index (Phi) is 7.53. The van der Waals surface area contributed by atoms with Crippen LogP contribution in [0.4, 0.5) is 17.1 Å². The molecule has 0 saturated heterocycles. The molecule has 0 aliphatic heterocycles. The van der Waals surface area contributed by atoms with Crippen LogP contribution < -0.4 is 4.90 Å². The Morgan fingerprint density at radius 1 is 0.304 bits per heavy atom. The van der Waals surface area contributed by atoms with Gasteiger partial charge in [0.15, 0.2) is 0 Å². The second kappa shape index (κ2) is 13.2. The van der Waals surface area contributed by atoms with Gasteiger partial charge in [-0.1, -0.05) is 164 Å². The third kappa shape index (κ3) is 5.42. The van der Waals surface area contributed by atoms with E-state index >= 15 is 0 Å². The van der Waals surface area contributed by atoms with Crippen LogP contribution in [0.5, 0.6) is 0 Å². The standard InChI is InChI=1S/C54H35NO/c1-3-12-46-39(9-1)11-7-15-47(46)41-29-33-45(34-30-41)55(51-16-8-18-53-54(51)49-14-5-6-17-52(49)56-53)44-31-27-37(28-32-44)36-19-21-38(22-20-36)43-26-25-42-24-23-40-10-2-4-13-48(40)50(42)35-43/h1-35H. The predicted octanol–water partition coefficient (Wildman–Crippen LogP) is 15.5. The Balaban J connectivity index is 0.972. The van der Waals surface area contributed by atoms with Crippen LogP contribution in [0.3, 0.4) is 0 Å². The lowest BCUT2D eigenvalue weighted by atomic mass is 9.96. The zero-order chi connectivity index (χ0) is 37.0. The number of fused-ring (bicyclic) bond motifs is 7. The van der Waals surface area contributed by atoms with E-state index in [-0.39, 0.29) is 0 Å². The molecule has 1 aromatic heterocycles. The Hall–Kier alpha value is -7.42. The highest BCUT2D eigenvalue weighted by atomic mass is 16.3. The van der Waals surface area contributed by atoms with Crippen LogP contribution >= 0.6 is 0 Å². The Labute approximate surface area is 325 Å². The average Bonchev–Trinajstić information content (AvgIpc) is 3.66. The van der Waals surface area contributed by atoms with Crippen molar-refractivity contribution < 1.29 is 4.42 Å². The van der Waals surface area contributed by atoms with Crippen molar-refractivity contribution in [2.24, 2.45) is 0 Å². The lowest BCUT2D eigenvalue weighted by molar-refractivity contribution is 0.669. The van der Waals surface area contributed by atoms with Crippen LogP contribution in [-0.2, 0) is 0 Å². The quantitative estimate of drug-likeness (QED) is 0.160. The normalized spacial score (nSPS) is 11.6. The Morgan fingerprint density at radius 3 is 1.52 bits per heavy atom. The topological polar surface area (TPSA) is 16.4 Å². The highest BCUT2D eigenvalue weighted by Crippen LogP contribution is 2.44. The number of furan rings is 1. The first-order valence-corrected chi connectivity index (χ1v) is 19.2. The van der Waals surface area contributed by atoms with E-state index in [4.69, 9.17) is 4.42 Å². The molecule has 2 heteroatoms. The third-order valence-electron chi connectivity index (χ3n) is 11.3. The van der Waals surface area contributed by atoms with Gasteiger partial charge in [-0.3, -0.25) is 0 Å². The van der Waals surface area contributed by atoms with Gasteiger partial charge in [0, 0.05) is 16.8 Å². The number of benzene rings is 10. The van der Waals surface area contributed by atoms with Crippen LogP contribution in [-0.4, -0.2) is 0 Å². The molecule has 0 radical (unpaired) electrons. The van der Waals surface area contributed by atoms with E-state index in [0.29, 0.717) is 0 Å². The first-order chi connectivity index (χ1) is 27.7. The minimum absolute atomic E-state index is 0.873. The summed E-state index contributed by atoms with van der Waals surface area (Å²) in [5.41, 5.74) is 12.2. The summed E-state index contributed by atoms with van der Waals surface area (Å²) in [6.45, 7) is 0. The van der Waals surface area contributed by atoms with Gasteiger partial charge in [0.05, 0.1) is 11.1 Å². The van der Waals surface area contributed by atoms with E-state index < -0.39 is 0 Å². The molecule has 262 valence electrons. The van der Waals surface area contributed by atoms with E-state index in [1.807, 2.05) is 12.1 Å². The molecule has 0 bridgehead atoms. The van der Waals surface area contributed by atoms with Gasteiger partial charge in [0.25, 0.3) is 0 Å². The lowest BCUT2D eigenvalue weighted by Crippen LogP contribution is -2.10. The molecule has 0 amide bonds. The van der Waals surface area contributed by atoms with Gasteiger partial charge in [-0.15, -0.1) is 0 Å². The number of nitrogens with zero attached hydrogens (tertiary/aromatic N) is 1. The molecule has 0 spiro atoms. The minimum Gasteiger partial charge on any atom is -0.456 e. The maximum Gasteiger partial charge on any atom is 0.137 e. The highest BCUT2D eigenvalue weighted by Gasteiger charge is 2.20. The van der Waals surface area contributed by atoms with E-state index in [1.165, 1.54) is 65.7 Å². The molecule has 2 nitrogen and oxygen atoms in total. The van der Waals surface area contributed by atoms with Crippen molar-refractivity contribution in [3.05, 3.63) is 212 Å². The first-order valence-electron chi connectivity index (χ1n) is 19.2. The summed E-state index contributed by atoms with van der Waals surface area (Å²) in [7, 11) is 0. The van der Waals surface area contributed by atoms with Gasteiger partial charge in [0.1, 0.15) is 11.2 Å². The van der Waals surface area contributed by atoms with Crippen molar-refractivity contribution >= 4 is 71.3 Å². The Morgan fingerprint density at radius 2 is 0.786 bits per heavy atom. The lowest BCUT2D eigenvalue weighted by Gasteiger charge is -2.26. The van der Waals surface area contributed by atoms with Crippen molar-refractivity contribution in [3.63, 3.8) is 0 Å². The van der Waals surface area contributed by atoms with E-state index in [9.17, 15) is 0 Å². The van der Waals surface area contributed by atoms with E-state index in [2.05, 4.69) is 205 Å². The summed E-state index contributed by atoms with van der Waals surface area (Å²) >= 11 is 0. The van der Waals surface area contributed by atoms with E-state index in [1.54, 1.807) is 0 Å². The fourth-order valence-electron chi connectivity index (χ4n) is 8.48. The van der Waals surface area contributed by atoms with Crippen molar-refractivity contribution in [3.8, 4) is 33.4 Å². The van der Waals surface area contributed by atoms with Crippen LogP contribution in [0.15, 0.2) is 217 Å². The van der Waals surface area contributed by atoms with Gasteiger partial charge >= 0.3 is 0 Å². The summed E-state index contributed by atoms with van der Waals surface area (Å²) < 4.78 is 6.36. The second-order valence-corrected chi connectivity index (χ2v) is 14.5. The molecule has 1 heterocycles.